The van der Waals surface area contributed by atoms with Crippen molar-refractivity contribution >= 4 is 5.96 Å². The maximum absolute atomic E-state index is 12.3. The quantitative estimate of drug-likeness (QED) is 0.352. The number of nitrogens with zero attached hydrogens (tertiary/aromatic N) is 3. The van der Waals surface area contributed by atoms with Crippen LogP contribution in [0.1, 0.15) is 26.2 Å². The van der Waals surface area contributed by atoms with Crippen LogP contribution in [-0.2, 0) is 4.74 Å². The molecule has 0 aromatic rings. The molecule has 0 aliphatic heterocycles. The summed E-state index contributed by atoms with van der Waals surface area (Å²) in [7, 11) is 3.42. The van der Waals surface area contributed by atoms with E-state index in [1.807, 2.05) is 18.9 Å². The van der Waals surface area contributed by atoms with Gasteiger partial charge in [-0.3, -0.25) is 9.89 Å². The molecule has 1 saturated carbocycles. The third-order valence-electron chi connectivity index (χ3n) is 3.73. The molecular weight excluding hydrogens is 321 g/mol. The first kappa shape index (κ1) is 21.0. The summed E-state index contributed by atoms with van der Waals surface area (Å²) >= 11 is 0. The van der Waals surface area contributed by atoms with Crippen molar-refractivity contribution in [1.29, 1.82) is 0 Å². The molecule has 8 heteroatoms. The third kappa shape index (κ3) is 10.7. The van der Waals surface area contributed by atoms with Gasteiger partial charge in [-0.2, -0.15) is 13.2 Å². The van der Waals surface area contributed by atoms with Gasteiger partial charge in [0.05, 0.1) is 13.2 Å². The van der Waals surface area contributed by atoms with E-state index >= 15 is 0 Å². The van der Waals surface area contributed by atoms with E-state index < -0.39 is 12.7 Å². The maximum Gasteiger partial charge on any atom is 0.401 e. The largest absolute Gasteiger partial charge is 0.401 e. The Bertz CT molecular complexity index is 373. The molecular formula is C16H31F3N4O. The Balaban J connectivity index is 2.24. The van der Waals surface area contributed by atoms with Gasteiger partial charge in [-0.15, -0.1) is 0 Å². The lowest BCUT2D eigenvalue weighted by molar-refractivity contribution is -0.143. The predicted molar refractivity (Wildman–Crippen MR) is 90.3 cm³/mol. The average Bonchev–Trinajstić information content (AvgIpc) is 3.29. The molecule has 0 radical (unpaired) electrons. The first-order valence-electron chi connectivity index (χ1n) is 8.64. The molecule has 0 aromatic heterocycles. The van der Waals surface area contributed by atoms with Crippen molar-refractivity contribution < 1.29 is 17.9 Å². The van der Waals surface area contributed by atoms with E-state index in [9.17, 15) is 13.2 Å². The Labute approximate surface area is 143 Å². The number of halogens is 3. The molecule has 0 aromatic carbocycles. The Hall–Kier alpha value is -1.02. The number of ether oxygens (including phenoxy) is 1. The summed E-state index contributed by atoms with van der Waals surface area (Å²) in [4.78, 5) is 7.75. The van der Waals surface area contributed by atoms with Gasteiger partial charge >= 0.3 is 6.18 Å². The fourth-order valence-electron chi connectivity index (χ4n) is 2.22. The second kappa shape index (κ2) is 10.8. The molecule has 1 N–H and O–H groups in total. The second-order valence-electron chi connectivity index (χ2n) is 6.38. The molecule has 0 atom stereocenters. The molecule has 5 nitrogen and oxygen atoms in total. The lowest BCUT2D eigenvalue weighted by atomic mass is 10.4. The standard InChI is InChI=1S/C16H31F3N4O/c1-4-20-15(23(3)10-11-24-12-14-6-7-14)21-8-5-9-22(2)13-16(17,18)19/h14H,4-13H2,1-3H3,(H,20,21). The summed E-state index contributed by atoms with van der Waals surface area (Å²) in [5.74, 6) is 1.52. The Morgan fingerprint density at radius 3 is 2.54 bits per heavy atom. The predicted octanol–water partition coefficient (Wildman–Crippen LogP) is 2.19. The van der Waals surface area contributed by atoms with Crippen molar-refractivity contribution in [2.75, 3.05) is 60.0 Å². The summed E-state index contributed by atoms with van der Waals surface area (Å²) in [6.45, 7) is 4.97. The summed E-state index contributed by atoms with van der Waals surface area (Å²) < 4.78 is 42.4. The zero-order chi connectivity index (χ0) is 18.0. The van der Waals surface area contributed by atoms with Crippen molar-refractivity contribution in [2.45, 2.75) is 32.4 Å². The van der Waals surface area contributed by atoms with Gasteiger partial charge in [0.2, 0.25) is 0 Å². The fraction of sp³-hybridized carbons (Fsp3) is 0.938. The van der Waals surface area contributed by atoms with Gasteiger partial charge in [0.1, 0.15) is 0 Å². The molecule has 1 rings (SSSR count). The van der Waals surface area contributed by atoms with Gasteiger partial charge in [0.15, 0.2) is 5.96 Å². The zero-order valence-corrected chi connectivity index (χ0v) is 15.0. The van der Waals surface area contributed by atoms with E-state index in [-0.39, 0.29) is 0 Å². The van der Waals surface area contributed by atoms with Crippen molar-refractivity contribution in [3.63, 3.8) is 0 Å². The van der Waals surface area contributed by atoms with Crippen LogP contribution in [0.2, 0.25) is 0 Å². The van der Waals surface area contributed by atoms with E-state index in [2.05, 4.69) is 10.3 Å². The molecule has 1 aliphatic rings. The van der Waals surface area contributed by atoms with E-state index in [0.29, 0.717) is 26.1 Å². The van der Waals surface area contributed by atoms with Crippen LogP contribution in [0.25, 0.3) is 0 Å². The molecule has 0 saturated heterocycles. The number of hydrogen-bond donors (Lipinski definition) is 1. The Morgan fingerprint density at radius 2 is 1.96 bits per heavy atom. The lowest BCUT2D eigenvalue weighted by Crippen LogP contribution is -2.40. The maximum atomic E-state index is 12.3. The summed E-state index contributed by atoms with van der Waals surface area (Å²) in [6.07, 6.45) is -0.993. The van der Waals surface area contributed by atoms with Crippen LogP contribution in [0.4, 0.5) is 13.2 Å². The molecule has 0 heterocycles. The Kier molecular flexibility index (Phi) is 9.43. The van der Waals surface area contributed by atoms with Gasteiger partial charge < -0.3 is 15.0 Å². The zero-order valence-electron chi connectivity index (χ0n) is 15.0. The molecule has 1 aliphatic carbocycles. The first-order chi connectivity index (χ1) is 11.3. The van der Waals surface area contributed by atoms with Gasteiger partial charge in [-0.25, -0.2) is 0 Å². The second-order valence-corrected chi connectivity index (χ2v) is 6.38. The van der Waals surface area contributed by atoms with Gasteiger partial charge in [-0.05, 0) is 45.7 Å². The highest BCUT2D eigenvalue weighted by Crippen LogP contribution is 2.28. The van der Waals surface area contributed by atoms with Crippen molar-refractivity contribution in [3.8, 4) is 0 Å². The minimum atomic E-state index is -4.15. The number of hydrogen-bond acceptors (Lipinski definition) is 3. The van der Waals surface area contributed by atoms with E-state index in [1.165, 1.54) is 24.8 Å². The smallest absolute Gasteiger partial charge is 0.379 e. The Morgan fingerprint density at radius 1 is 1.25 bits per heavy atom. The molecule has 0 bridgehead atoms. The van der Waals surface area contributed by atoms with Gasteiger partial charge in [0.25, 0.3) is 0 Å². The summed E-state index contributed by atoms with van der Waals surface area (Å²) in [5.41, 5.74) is 0. The van der Waals surface area contributed by atoms with Crippen LogP contribution in [0.15, 0.2) is 4.99 Å². The molecule has 24 heavy (non-hydrogen) atoms. The first-order valence-corrected chi connectivity index (χ1v) is 8.64. The van der Waals surface area contributed by atoms with Crippen LogP contribution >= 0.6 is 0 Å². The van der Waals surface area contributed by atoms with Crippen LogP contribution in [0, 0.1) is 5.92 Å². The van der Waals surface area contributed by atoms with E-state index in [0.717, 1.165) is 31.6 Å². The number of nitrogens with one attached hydrogen (secondary N) is 1. The highest BCUT2D eigenvalue weighted by Gasteiger charge is 2.28. The third-order valence-corrected chi connectivity index (χ3v) is 3.73. The SMILES string of the molecule is CCNC(=NCCCN(C)CC(F)(F)F)N(C)CCOCC1CC1. The van der Waals surface area contributed by atoms with Crippen molar-refractivity contribution in [2.24, 2.45) is 10.9 Å². The minimum Gasteiger partial charge on any atom is -0.379 e. The summed E-state index contributed by atoms with van der Waals surface area (Å²) in [6, 6.07) is 0. The van der Waals surface area contributed by atoms with E-state index in [4.69, 9.17) is 4.74 Å². The molecule has 0 unspecified atom stereocenters. The highest BCUT2D eigenvalue weighted by atomic mass is 19.4. The molecule has 142 valence electrons. The number of guanidine groups is 1. The molecule has 1 fully saturated rings. The number of likely N-dealkylation sites (N-methyl/N-ethyl adjacent to an activating group) is 1. The molecule has 0 amide bonds. The van der Waals surface area contributed by atoms with Crippen molar-refractivity contribution in [3.05, 3.63) is 0 Å². The fourth-order valence-corrected chi connectivity index (χ4v) is 2.22. The van der Waals surface area contributed by atoms with Crippen LogP contribution in [0.5, 0.6) is 0 Å². The minimum absolute atomic E-state index is 0.372. The van der Waals surface area contributed by atoms with Gasteiger partial charge in [-0.1, -0.05) is 0 Å². The number of alkyl halides is 3. The monoisotopic (exact) mass is 352 g/mol. The average molecular weight is 352 g/mol. The van der Waals surface area contributed by atoms with Crippen LogP contribution < -0.4 is 5.32 Å². The van der Waals surface area contributed by atoms with Gasteiger partial charge in [0, 0.05) is 33.3 Å². The van der Waals surface area contributed by atoms with E-state index in [1.54, 1.807) is 0 Å². The van der Waals surface area contributed by atoms with Crippen LogP contribution in [0.3, 0.4) is 0 Å². The number of rotatable bonds is 11. The number of aliphatic imine (C=N–C) groups is 1. The lowest BCUT2D eigenvalue weighted by Gasteiger charge is -2.22. The summed E-state index contributed by atoms with van der Waals surface area (Å²) in [5, 5.41) is 3.20. The topological polar surface area (TPSA) is 40.1 Å². The molecule has 0 spiro atoms. The van der Waals surface area contributed by atoms with Crippen molar-refractivity contribution in [1.82, 2.24) is 15.1 Å². The highest BCUT2D eigenvalue weighted by molar-refractivity contribution is 5.79. The van der Waals surface area contributed by atoms with Crippen LogP contribution in [-0.4, -0.2) is 82.0 Å². The normalized spacial score (nSPS) is 15.9.